The number of fused-ring (bicyclic) bond motifs is 2. The van der Waals surface area contributed by atoms with Crippen molar-refractivity contribution in [3.05, 3.63) is 71.6 Å². The maximum Gasteiger partial charge on any atom is 0.172 e. The Balaban J connectivity index is 1.82. The quantitative estimate of drug-likeness (QED) is 0.520. The lowest BCUT2D eigenvalue weighted by atomic mass is 9.95. The zero-order valence-electron chi connectivity index (χ0n) is 13.9. The number of hydrogen-bond donors (Lipinski definition) is 2. The first kappa shape index (κ1) is 15.7. The number of halogens is 2. The van der Waals surface area contributed by atoms with E-state index in [1.165, 1.54) is 24.3 Å². The van der Waals surface area contributed by atoms with Crippen molar-refractivity contribution in [3.63, 3.8) is 0 Å². The van der Waals surface area contributed by atoms with E-state index in [1.54, 1.807) is 24.5 Å². The summed E-state index contributed by atoms with van der Waals surface area (Å²) in [5.41, 5.74) is 2.83. The topological polar surface area (TPSA) is 65.7 Å². The van der Waals surface area contributed by atoms with Gasteiger partial charge >= 0.3 is 0 Å². The van der Waals surface area contributed by atoms with E-state index < -0.39 is 11.6 Å². The van der Waals surface area contributed by atoms with Gasteiger partial charge in [-0.15, -0.1) is 0 Å². The predicted molar refractivity (Wildman–Crippen MR) is 98.0 cm³/mol. The van der Waals surface area contributed by atoms with Crippen LogP contribution < -0.4 is 0 Å². The number of benzene rings is 2. The molecule has 0 saturated carbocycles. The van der Waals surface area contributed by atoms with Gasteiger partial charge in [0.15, 0.2) is 11.6 Å². The molecule has 2 aromatic carbocycles. The average molecular weight is 362 g/mol. The van der Waals surface area contributed by atoms with Gasteiger partial charge in [-0.2, -0.15) is 0 Å². The van der Waals surface area contributed by atoms with Crippen molar-refractivity contribution in [3.8, 4) is 0 Å². The fraction of sp³-hybridized carbons (Fsp3) is 0.0476. The lowest BCUT2D eigenvalue weighted by molar-refractivity contribution is -0.119. The fourth-order valence-corrected chi connectivity index (χ4v) is 3.78. The van der Waals surface area contributed by atoms with Gasteiger partial charge in [0.25, 0.3) is 0 Å². The number of carbonyl (C=O) groups is 2. The van der Waals surface area contributed by atoms with Crippen LogP contribution in [0.3, 0.4) is 0 Å². The Labute approximate surface area is 151 Å². The molecule has 0 atom stereocenters. The lowest BCUT2D eigenvalue weighted by Crippen LogP contribution is -1.96. The van der Waals surface area contributed by atoms with Crippen molar-refractivity contribution in [2.45, 2.75) is 6.42 Å². The van der Waals surface area contributed by atoms with E-state index in [2.05, 4.69) is 9.97 Å². The van der Waals surface area contributed by atoms with Crippen molar-refractivity contribution in [2.75, 3.05) is 0 Å². The number of allylic oxidation sites excluding steroid dienone is 2. The molecule has 6 heteroatoms. The molecule has 2 aromatic heterocycles. The number of H-pyrrole nitrogens is 2. The van der Waals surface area contributed by atoms with Crippen molar-refractivity contribution in [1.29, 1.82) is 0 Å². The van der Waals surface area contributed by atoms with Crippen LogP contribution in [0.1, 0.15) is 17.5 Å². The third-order valence-corrected chi connectivity index (χ3v) is 4.96. The van der Waals surface area contributed by atoms with Crippen LogP contribution in [0.4, 0.5) is 8.78 Å². The van der Waals surface area contributed by atoms with E-state index in [0.717, 1.165) is 0 Å². The monoisotopic (exact) mass is 362 g/mol. The molecule has 0 aliphatic heterocycles. The molecule has 4 nitrogen and oxygen atoms in total. The standard InChI is InChI=1S/C21H12F2N2O2/c22-10-1-3-12-14(8-24-16(12)5-10)20-18(26)7-19(27)21(20)15-9-25-17-6-11(23)2-4-13(15)17/h1-6,8-9,24-25H,7H2. The van der Waals surface area contributed by atoms with Crippen molar-refractivity contribution < 1.29 is 18.4 Å². The Kier molecular flexibility index (Phi) is 3.18. The Morgan fingerprint density at radius 2 is 1.15 bits per heavy atom. The third-order valence-electron chi connectivity index (χ3n) is 4.96. The maximum atomic E-state index is 13.5. The highest BCUT2D eigenvalue weighted by molar-refractivity contribution is 6.52. The lowest BCUT2D eigenvalue weighted by Gasteiger charge is -2.05. The van der Waals surface area contributed by atoms with E-state index in [9.17, 15) is 18.4 Å². The first-order chi connectivity index (χ1) is 13.0. The van der Waals surface area contributed by atoms with E-state index in [4.69, 9.17) is 0 Å². The number of hydrogen-bond acceptors (Lipinski definition) is 2. The Morgan fingerprint density at radius 3 is 1.59 bits per heavy atom. The summed E-state index contributed by atoms with van der Waals surface area (Å²) in [6.45, 7) is 0. The Bertz CT molecular complexity index is 1210. The van der Waals surface area contributed by atoms with Crippen LogP contribution >= 0.6 is 0 Å². The van der Waals surface area contributed by atoms with Crippen LogP contribution in [0.25, 0.3) is 33.0 Å². The molecule has 4 aromatic rings. The summed E-state index contributed by atoms with van der Waals surface area (Å²) in [5, 5.41) is 1.33. The second-order valence-corrected chi connectivity index (χ2v) is 6.56. The minimum absolute atomic E-state index is 0.216. The van der Waals surface area contributed by atoms with E-state index in [0.29, 0.717) is 44.1 Å². The van der Waals surface area contributed by atoms with Crippen molar-refractivity contribution in [1.82, 2.24) is 9.97 Å². The molecule has 0 radical (unpaired) electrons. The zero-order chi connectivity index (χ0) is 18.7. The van der Waals surface area contributed by atoms with Gasteiger partial charge in [-0.1, -0.05) is 0 Å². The summed E-state index contributed by atoms with van der Waals surface area (Å²) in [6.07, 6.45) is 3.02. The molecule has 0 spiro atoms. The van der Waals surface area contributed by atoms with Crippen LogP contribution in [0, 0.1) is 11.6 Å². The summed E-state index contributed by atoms with van der Waals surface area (Å²) >= 11 is 0. The molecule has 0 fully saturated rings. The van der Waals surface area contributed by atoms with Crippen LogP contribution in [0.15, 0.2) is 48.8 Å². The molecule has 0 bridgehead atoms. The fourth-order valence-electron chi connectivity index (χ4n) is 3.78. The number of aromatic amines is 2. The molecule has 27 heavy (non-hydrogen) atoms. The van der Waals surface area contributed by atoms with Gasteiger partial charge in [-0.05, 0) is 36.4 Å². The van der Waals surface area contributed by atoms with E-state index >= 15 is 0 Å². The molecule has 2 heterocycles. The van der Waals surface area contributed by atoms with Gasteiger partial charge in [0.2, 0.25) is 0 Å². The first-order valence-electron chi connectivity index (χ1n) is 8.37. The second-order valence-electron chi connectivity index (χ2n) is 6.56. The molecule has 0 saturated heterocycles. The molecule has 132 valence electrons. The molecular weight excluding hydrogens is 350 g/mol. The van der Waals surface area contributed by atoms with Gasteiger partial charge in [-0.25, -0.2) is 8.78 Å². The van der Waals surface area contributed by atoms with Crippen LogP contribution in [0.5, 0.6) is 0 Å². The summed E-state index contributed by atoms with van der Waals surface area (Å²) in [7, 11) is 0. The Morgan fingerprint density at radius 1 is 0.704 bits per heavy atom. The number of Topliss-reactive ketones (excluding diaryl/α,β-unsaturated/α-hetero) is 2. The number of carbonyl (C=O) groups excluding carboxylic acids is 2. The minimum Gasteiger partial charge on any atom is -0.360 e. The number of rotatable bonds is 2. The average Bonchev–Trinajstić information content (AvgIpc) is 3.29. The smallest absolute Gasteiger partial charge is 0.172 e. The molecule has 1 aliphatic rings. The van der Waals surface area contributed by atoms with Gasteiger partial charge in [0.05, 0.1) is 6.42 Å². The molecular formula is C21H12F2N2O2. The van der Waals surface area contributed by atoms with E-state index in [1.807, 2.05) is 0 Å². The molecule has 0 amide bonds. The third kappa shape index (κ3) is 2.26. The van der Waals surface area contributed by atoms with E-state index in [-0.39, 0.29) is 18.0 Å². The van der Waals surface area contributed by atoms with Gasteiger partial charge < -0.3 is 9.97 Å². The minimum atomic E-state index is -0.391. The highest BCUT2D eigenvalue weighted by atomic mass is 19.1. The van der Waals surface area contributed by atoms with Crippen LogP contribution in [-0.4, -0.2) is 21.5 Å². The number of ketones is 2. The molecule has 5 rings (SSSR count). The highest BCUT2D eigenvalue weighted by Crippen LogP contribution is 2.40. The number of nitrogens with one attached hydrogen (secondary N) is 2. The van der Waals surface area contributed by atoms with Crippen LogP contribution in [0.2, 0.25) is 0 Å². The summed E-state index contributed by atoms with van der Waals surface area (Å²) in [6, 6.07) is 8.48. The van der Waals surface area contributed by atoms with Gasteiger partial charge in [0, 0.05) is 56.5 Å². The largest absolute Gasteiger partial charge is 0.360 e. The van der Waals surface area contributed by atoms with Crippen LogP contribution in [-0.2, 0) is 9.59 Å². The summed E-state index contributed by atoms with van der Waals surface area (Å²) in [5.74, 6) is -1.34. The van der Waals surface area contributed by atoms with Crippen molar-refractivity contribution in [2.24, 2.45) is 0 Å². The predicted octanol–water partition coefficient (Wildman–Crippen LogP) is 4.38. The molecule has 1 aliphatic carbocycles. The maximum absolute atomic E-state index is 13.5. The SMILES string of the molecule is O=C1CC(=O)C(c2c[nH]c3cc(F)ccc23)=C1c1c[nH]c2cc(F)ccc12. The highest BCUT2D eigenvalue weighted by Gasteiger charge is 2.34. The zero-order valence-corrected chi connectivity index (χ0v) is 13.9. The Hall–Kier alpha value is -3.54. The molecule has 2 N–H and O–H groups in total. The second kappa shape index (κ2) is 5.48. The first-order valence-corrected chi connectivity index (χ1v) is 8.37. The van der Waals surface area contributed by atoms with Gasteiger partial charge in [-0.3, -0.25) is 9.59 Å². The van der Waals surface area contributed by atoms with Gasteiger partial charge in [0.1, 0.15) is 11.6 Å². The van der Waals surface area contributed by atoms with Crippen molar-refractivity contribution >= 4 is 44.5 Å². The summed E-state index contributed by atoms with van der Waals surface area (Å²) < 4.78 is 27.0. The number of aromatic nitrogens is 2. The summed E-state index contributed by atoms with van der Waals surface area (Å²) in [4.78, 5) is 31.2. The molecule has 0 unspecified atom stereocenters. The normalized spacial score (nSPS) is 14.9.